The molecule has 0 heterocycles. The van der Waals surface area contributed by atoms with E-state index in [2.05, 4.69) is 8.20 Å². The average molecular weight is 297 g/mol. The number of rotatable bonds is 7. The van der Waals surface area contributed by atoms with Crippen LogP contribution in [-0.2, 0) is 4.79 Å². The molecule has 12 heavy (non-hydrogen) atoms. The minimum atomic E-state index is -0.728. The summed E-state index contributed by atoms with van der Waals surface area (Å²) in [4.78, 5) is 10.8. The van der Waals surface area contributed by atoms with Gasteiger partial charge < -0.3 is 0 Å². The molecule has 0 aromatic rings. The Morgan fingerprint density at radius 1 is 1.25 bits per heavy atom. The molecular formula is C9H19CeNO. The molecule has 1 amide bonds. The zero-order chi connectivity index (χ0) is 9.23. The van der Waals surface area contributed by atoms with Crippen molar-refractivity contribution in [2.75, 3.05) is 0 Å². The van der Waals surface area contributed by atoms with Crippen molar-refractivity contribution in [2.45, 2.75) is 47.9 Å². The third kappa shape index (κ3) is 8.94. The third-order valence-corrected chi connectivity index (χ3v) is 5.03. The summed E-state index contributed by atoms with van der Waals surface area (Å²) in [5.41, 5.74) is 0. The van der Waals surface area contributed by atoms with Gasteiger partial charge in [0.2, 0.25) is 0 Å². The van der Waals surface area contributed by atoms with Crippen molar-refractivity contribution in [1.29, 1.82) is 0 Å². The molecule has 0 bridgehead atoms. The fraction of sp³-hybridized carbons (Fsp3) is 0.889. The first-order valence-electron chi connectivity index (χ1n) is 4.83. The van der Waals surface area contributed by atoms with Gasteiger partial charge in [-0.15, -0.1) is 0 Å². The van der Waals surface area contributed by atoms with Gasteiger partial charge in [-0.25, -0.2) is 0 Å². The van der Waals surface area contributed by atoms with Crippen LogP contribution in [0.2, 0.25) is 1.94 Å². The number of unbranched alkanes of at least 4 members (excludes halogenated alkanes) is 3. The third-order valence-electron chi connectivity index (χ3n) is 1.70. The summed E-state index contributed by atoms with van der Waals surface area (Å²) >= 11 is -0.728. The molecule has 3 heteroatoms. The first-order valence-corrected chi connectivity index (χ1v) is 8.62. The topological polar surface area (TPSA) is 29.1 Å². The maximum atomic E-state index is 10.8. The van der Waals surface area contributed by atoms with Gasteiger partial charge in [-0.05, 0) is 0 Å². The van der Waals surface area contributed by atoms with Gasteiger partial charge in [-0.2, -0.15) is 0 Å². The number of hydrogen-bond donors (Lipinski definition) is 1. The number of carbonyl (C=O) groups is 1. The molecule has 0 rings (SSSR count). The molecule has 0 aliphatic carbocycles. The van der Waals surface area contributed by atoms with Crippen molar-refractivity contribution in [3.63, 3.8) is 0 Å². The predicted octanol–water partition coefficient (Wildman–Crippen LogP) is 2.51. The summed E-state index contributed by atoms with van der Waals surface area (Å²) in [5, 5.41) is 0. The van der Waals surface area contributed by atoms with Crippen LogP contribution >= 0.6 is 0 Å². The molecule has 0 atom stereocenters. The van der Waals surface area contributed by atoms with Crippen molar-refractivity contribution in [1.82, 2.24) is 1.28 Å². The standard InChI is InChI=1S/C6H13.C3H7NO.Ce/c1-3-5-6-4-2;1-2-3(4)5;/h1,3-6H2,2H3;2H2,1H3,(H2,4,5);/q;;+1/p-1. The molecule has 0 aromatic heterocycles. The van der Waals surface area contributed by atoms with E-state index in [9.17, 15) is 4.79 Å². The van der Waals surface area contributed by atoms with Crippen LogP contribution in [0.5, 0.6) is 0 Å². The molecule has 70 valence electrons. The quantitative estimate of drug-likeness (QED) is 0.719. The van der Waals surface area contributed by atoms with Crippen LogP contribution in [-0.4, -0.2) is 5.91 Å². The molecule has 0 saturated carbocycles. The summed E-state index contributed by atoms with van der Waals surface area (Å²) in [5.74, 6) is 0.258. The van der Waals surface area contributed by atoms with Crippen LogP contribution in [0.4, 0.5) is 0 Å². The molecule has 2 nitrogen and oxygen atoms in total. The van der Waals surface area contributed by atoms with Crippen LogP contribution in [0.1, 0.15) is 46.0 Å². The zero-order valence-electron chi connectivity index (χ0n) is 8.15. The van der Waals surface area contributed by atoms with Gasteiger partial charge in [0.25, 0.3) is 0 Å². The molecule has 1 N–H and O–H groups in total. The van der Waals surface area contributed by atoms with Gasteiger partial charge >= 0.3 is 97.8 Å². The van der Waals surface area contributed by atoms with Crippen molar-refractivity contribution < 1.29 is 42.7 Å². The molecule has 0 fully saturated rings. The summed E-state index contributed by atoms with van der Waals surface area (Å²) in [6, 6.07) is 0. The van der Waals surface area contributed by atoms with E-state index in [-0.39, 0.29) is 5.91 Å². The molecular weight excluding hydrogens is 278 g/mol. The number of amides is 1. The monoisotopic (exact) mass is 297 g/mol. The second-order valence-corrected chi connectivity index (χ2v) is 6.35. The van der Waals surface area contributed by atoms with Crippen molar-refractivity contribution in [3.8, 4) is 0 Å². The van der Waals surface area contributed by atoms with E-state index in [1.54, 1.807) is 0 Å². The van der Waals surface area contributed by atoms with Crippen LogP contribution < -0.4 is 1.28 Å². The summed E-state index contributed by atoms with van der Waals surface area (Å²) in [6.07, 6.45) is 5.99. The summed E-state index contributed by atoms with van der Waals surface area (Å²) in [7, 11) is 0. The second kappa shape index (κ2) is 9.93. The van der Waals surface area contributed by atoms with Gasteiger partial charge in [0.05, 0.1) is 0 Å². The van der Waals surface area contributed by atoms with Crippen LogP contribution in [0.15, 0.2) is 0 Å². The van der Waals surface area contributed by atoms with E-state index in [1.165, 1.54) is 27.6 Å². The second-order valence-electron chi connectivity index (χ2n) is 2.89. The fourth-order valence-electron chi connectivity index (χ4n) is 0.890. The average Bonchev–Trinajstić information content (AvgIpc) is 2.10. The Morgan fingerprint density at radius 3 is 2.58 bits per heavy atom. The van der Waals surface area contributed by atoms with Crippen molar-refractivity contribution in [2.24, 2.45) is 0 Å². The van der Waals surface area contributed by atoms with E-state index in [4.69, 9.17) is 0 Å². The Kier molecular flexibility index (Phi) is 10.6. The van der Waals surface area contributed by atoms with Crippen molar-refractivity contribution >= 4 is 5.91 Å². The summed E-state index contributed by atoms with van der Waals surface area (Å²) in [6.45, 7) is 4.14. The van der Waals surface area contributed by atoms with Crippen molar-refractivity contribution in [3.05, 3.63) is 0 Å². The van der Waals surface area contributed by atoms with Gasteiger partial charge in [-0.1, -0.05) is 0 Å². The first-order chi connectivity index (χ1) is 5.81. The number of carbonyl (C=O) groups excluding carboxylic acids is 1. The Bertz CT molecular complexity index is 117. The Morgan fingerprint density at radius 2 is 2.00 bits per heavy atom. The van der Waals surface area contributed by atoms with Gasteiger partial charge in [0.1, 0.15) is 0 Å². The van der Waals surface area contributed by atoms with Gasteiger partial charge in [0.15, 0.2) is 0 Å². The molecule has 0 aliphatic rings. The first kappa shape index (κ1) is 12.8. The number of nitrogens with one attached hydrogen (secondary N) is 1. The van der Waals surface area contributed by atoms with E-state index in [0.717, 1.165) is 0 Å². The van der Waals surface area contributed by atoms with E-state index in [0.29, 0.717) is 6.42 Å². The zero-order valence-corrected chi connectivity index (χ0v) is 11.3. The van der Waals surface area contributed by atoms with Crippen LogP contribution in [0.25, 0.3) is 0 Å². The Hall–Kier alpha value is 0.847. The molecule has 0 unspecified atom stereocenters. The molecule has 0 radical (unpaired) electrons. The van der Waals surface area contributed by atoms with E-state index >= 15 is 0 Å². The molecule has 0 aromatic carbocycles. The van der Waals surface area contributed by atoms with Gasteiger partial charge in [0, 0.05) is 0 Å². The molecule has 0 saturated heterocycles. The molecule has 0 aliphatic heterocycles. The van der Waals surface area contributed by atoms with Crippen LogP contribution in [0, 0.1) is 37.9 Å². The Balaban J connectivity index is 2.95. The Labute approximate surface area is 96.8 Å². The van der Waals surface area contributed by atoms with Crippen LogP contribution in [0.3, 0.4) is 0 Å². The minimum absolute atomic E-state index is 0.258. The summed E-state index contributed by atoms with van der Waals surface area (Å²) < 4.78 is 4.39. The fourth-order valence-corrected chi connectivity index (χ4v) is 3.80. The SMILES string of the molecule is CCCCC[CH2][Ce][NH]C(=O)CC. The van der Waals surface area contributed by atoms with E-state index < -0.39 is 37.9 Å². The predicted molar refractivity (Wildman–Crippen MR) is 47.4 cm³/mol. The normalized spacial score (nSPS) is 9.50. The van der Waals surface area contributed by atoms with Gasteiger partial charge in [-0.3, -0.25) is 0 Å². The number of hydrogen-bond acceptors (Lipinski definition) is 1. The maximum absolute atomic E-state index is 10.8. The van der Waals surface area contributed by atoms with E-state index in [1.807, 2.05) is 6.92 Å². The molecule has 0 spiro atoms.